The van der Waals surface area contributed by atoms with Crippen molar-refractivity contribution in [3.63, 3.8) is 0 Å². The predicted molar refractivity (Wildman–Crippen MR) is 122 cm³/mol. The molecule has 1 aliphatic heterocycles. The molecule has 0 aromatic carbocycles. The van der Waals surface area contributed by atoms with Crippen molar-refractivity contribution < 1.29 is 9.59 Å². The van der Waals surface area contributed by atoms with Gasteiger partial charge in [0.05, 0.1) is 17.6 Å². The van der Waals surface area contributed by atoms with E-state index in [-0.39, 0.29) is 11.6 Å². The Labute approximate surface area is 188 Å². The van der Waals surface area contributed by atoms with Gasteiger partial charge < -0.3 is 4.90 Å². The zero-order valence-electron chi connectivity index (χ0n) is 18.5. The normalized spacial score (nSPS) is 24.6. The van der Waals surface area contributed by atoms with Crippen LogP contribution in [0.15, 0.2) is 36.2 Å². The van der Waals surface area contributed by atoms with Gasteiger partial charge in [-0.1, -0.05) is 6.07 Å². The van der Waals surface area contributed by atoms with E-state index in [0.717, 1.165) is 48.6 Å². The third kappa shape index (κ3) is 3.77. The number of ketones is 2. The molecule has 32 heavy (non-hydrogen) atoms. The van der Waals surface area contributed by atoms with Crippen LogP contribution < -0.4 is 4.90 Å². The Morgan fingerprint density at radius 2 is 2.00 bits per heavy atom. The van der Waals surface area contributed by atoms with Crippen molar-refractivity contribution in [1.29, 1.82) is 0 Å². The van der Waals surface area contributed by atoms with E-state index < -0.39 is 0 Å². The lowest BCUT2D eigenvalue weighted by molar-refractivity contribution is -0.114. The van der Waals surface area contributed by atoms with Crippen molar-refractivity contribution in [3.8, 4) is 0 Å². The fourth-order valence-corrected chi connectivity index (χ4v) is 5.15. The molecule has 6 nitrogen and oxygen atoms in total. The van der Waals surface area contributed by atoms with Crippen LogP contribution >= 0.6 is 0 Å². The highest BCUT2D eigenvalue weighted by Crippen LogP contribution is 2.40. The van der Waals surface area contributed by atoms with Gasteiger partial charge in [-0.3, -0.25) is 24.5 Å². The fourth-order valence-electron chi connectivity index (χ4n) is 5.15. The summed E-state index contributed by atoms with van der Waals surface area (Å²) in [6, 6.07) is 7.18. The van der Waals surface area contributed by atoms with Crippen LogP contribution in [-0.2, 0) is 17.8 Å². The lowest BCUT2D eigenvalue weighted by Crippen LogP contribution is -2.46. The molecule has 2 atom stereocenters. The van der Waals surface area contributed by atoms with E-state index in [1.165, 1.54) is 18.4 Å². The molecule has 2 saturated carbocycles. The number of carbonyl (C=O) groups is 2. The first-order valence-electron chi connectivity index (χ1n) is 11.7. The molecule has 0 amide bonds. The standard InChI is InChI=1S/C26H28N4O2/c1-16-8-22-19(11-25(16)31)9-18(13-27-22)15-29-6-7-30(24-12-23(24)29)20-4-5-21(28-14-20)26(32)10-17-2-3-17/h4-5,8-9,13-14,17,23-24H,2-3,6-7,10-12,15H2,1H3/t23-,24+/m0/s1. The minimum Gasteiger partial charge on any atom is -0.364 e. The molecule has 0 spiro atoms. The molecule has 6 rings (SSSR count). The van der Waals surface area contributed by atoms with Crippen molar-refractivity contribution in [1.82, 2.24) is 14.9 Å². The quantitative estimate of drug-likeness (QED) is 0.657. The number of anilines is 1. The van der Waals surface area contributed by atoms with E-state index >= 15 is 0 Å². The zero-order chi connectivity index (χ0) is 21.8. The van der Waals surface area contributed by atoms with Gasteiger partial charge in [0.1, 0.15) is 5.69 Å². The molecule has 2 aromatic rings. The number of piperazine rings is 1. The fraction of sp³-hybridized carbons (Fsp3) is 0.462. The summed E-state index contributed by atoms with van der Waals surface area (Å²) < 4.78 is 0. The van der Waals surface area contributed by atoms with E-state index in [9.17, 15) is 9.59 Å². The van der Waals surface area contributed by atoms with E-state index in [0.29, 0.717) is 36.5 Å². The Kier molecular flexibility index (Phi) is 4.72. The average Bonchev–Trinajstić information content (AvgIpc) is 3.70. The summed E-state index contributed by atoms with van der Waals surface area (Å²) in [7, 11) is 0. The van der Waals surface area contributed by atoms with E-state index in [1.54, 1.807) is 0 Å². The van der Waals surface area contributed by atoms with Gasteiger partial charge in [0.15, 0.2) is 11.6 Å². The van der Waals surface area contributed by atoms with Crippen LogP contribution in [-0.4, -0.2) is 51.6 Å². The van der Waals surface area contributed by atoms with Gasteiger partial charge in [-0.05, 0) is 67.0 Å². The Balaban J connectivity index is 1.09. The second-order valence-electron chi connectivity index (χ2n) is 9.82. The van der Waals surface area contributed by atoms with Gasteiger partial charge in [-0.25, -0.2) is 0 Å². The second kappa shape index (κ2) is 7.62. The third-order valence-corrected chi connectivity index (χ3v) is 7.35. The Morgan fingerprint density at radius 1 is 1.12 bits per heavy atom. The summed E-state index contributed by atoms with van der Waals surface area (Å²) >= 11 is 0. The highest BCUT2D eigenvalue weighted by molar-refractivity contribution is 6.02. The number of rotatable bonds is 6. The maximum absolute atomic E-state index is 12.3. The topological polar surface area (TPSA) is 66.4 Å². The third-order valence-electron chi connectivity index (χ3n) is 7.35. The van der Waals surface area contributed by atoms with Crippen molar-refractivity contribution in [3.05, 3.63) is 58.7 Å². The molecule has 3 fully saturated rings. The molecule has 4 aliphatic rings. The molecular weight excluding hydrogens is 400 g/mol. The smallest absolute Gasteiger partial charge is 0.181 e. The number of Topliss-reactive ketones (excluding diaryl/α,β-unsaturated/α-hetero) is 2. The van der Waals surface area contributed by atoms with Crippen molar-refractivity contribution in [2.75, 3.05) is 18.0 Å². The van der Waals surface area contributed by atoms with Crippen LogP contribution in [0, 0.1) is 5.92 Å². The molecular formula is C26H28N4O2. The van der Waals surface area contributed by atoms with Gasteiger partial charge in [0.25, 0.3) is 0 Å². The summed E-state index contributed by atoms with van der Waals surface area (Å²) in [5, 5.41) is 0. The Hall–Kier alpha value is -2.86. The molecule has 3 heterocycles. The average molecular weight is 429 g/mol. The molecule has 0 radical (unpaired) electrons. The first-order valence-corrected chi connectivity index (χ1v) is 11.7. The van der Waals surface area contributed by atoms with Crippen LogP contribution in [0.2, 0.25) is 0 Å². The van der Waals surface area contributed by atoms with Crippen LogP contribution in [0.25, 0.3) is 6.08 Å². The number of hydrogen-bond acceptors (Lipinski definition) is 6. The molecule has 0 unspecified atom stereocenters. The van der Waals surface area contributed by atoms with E-state index in [2.05, 4.69) is 31.9 Å². The van der Waals surface area contributed by atoms with Crippen molar-refractivity contribution >= 4 is 23.3 Å². The summed E-state index contributed by atoms with van der Waals surface area (Å²) in [6.45, 7) is 4.68. The van der Waals surface area contributed by atoms with Crippen molar-refractivity contribution in [2.24, 2.45) is 5.92 Å². The van der Waals surface area contributed by atoms with Gasteiger partial charge in [-0.15, -0.1) is 0 Å². The number of fused-ring (bicyclic) bond motifs is 2. The number of hydrogen-bond donors (Lipinski definition) is 0. The Morgan fingerprint density at radius 3 is 2.78 bits per heavy atom. The Bertz CT molecular complexity index is 1120. The summed E-state index contributed by atoms with van der Waals surface area (Å²) in [6.07, 6.45) is 10.4. The van der Waals surface area contributed by atoms with Gasteiger partial charge in [-0.2, -0.15) is 0 Å². The van der Waals surface area contributed by atoms with Gasteiger partial charge >= 0.3 is 0 Å². The number of allylic oxidation sites excluding steroid dienone is 1. The number of nitrogens with zero attached hydrogens (tertiary/aromatic N) is 4. The molecule has 164 valence electrons. The summed E-state index contributed by atoms with van der Waals surface area (Å²) in [4.78, 5) is 38.4. The van der Waals surface area contributed by atoms with Crippen molar-refractivity contribution in [2.45, 2.75) is 57.7 Å². The lowest BCUT2D eigenvalue weighted by Gasteiger charge is -2.35. The minimum atomic E-state index is 0.180. The van der Waals surface area contributed by atoms with Gasteiger partial charge in [0, 0.05) is 50.8 Å². The number of carbonyl (C=O) groups excluding carboxylic acids is 2. The molecule has 1 saturated heterocycles. The SMILES string of the molecule is CC1=Cc2ncc(CN3CCN(c4ccc(C(=O)CC5CC5)nc4)[C@@H]4C[C@@H]43)cc2CC1=O. The first kappa shape index (κ1) is 19.8. The first-order chi connectivity index (χ1) is 15.5. The predicted octanol–water partition coefficient (Wildman–Crippen LogP) is 3.45. The monoisotopic (exact) mass is 428 g/mol. The highest BCUT2D eigenvalue weighted by Gasteiger charge is 2.49. The highest BCUT2D eigenvalue weighted by atomic mass is 16.1. The number of pyridine rings is 2. The van der Waals surface area contributed by atoms with Crippen LogP contribution in [0.4, 0.5) is 5.69 Å². The molecule has 0 N–H and O–H groups in total. The minimum absolute atomic E-state index is 0.180. The van der Waals surface area contributed by atoms with Crippen LogP contribution in [0.5, 0.6) is 0 Å². The number of aromatic nitrogens is 2. The molecule has 3 aliphatic carbocycles. The zero-order valence-corrected chi connectivity index (χ0v) is 18.5. The lowest BCUT2D eigenvalue weighted by atomic mass is 9.94. The summed E-state index contributed by atoms with van der Waals surface area (Å²) in [5.74, 6) is 0.969. The maximum atomic E-state index is 12.3. The molecule has 0 bridgehead atoms. The van der Waals surface area contributed by atoms with E-state index in [4.69, 9.17) is 0 Å². The second-order valence-corrected chi connectivity index (χ2v) is 9.82. The molecule has 6 heteroatoms. The van der Waals surface area contributed by atoms with Crippen LogP contribution in [0.3, 0.4) is 0 Å². The largest absolute Gasteiger partial charge is 0.364 e. The van der Waals surface area contributed by atoms with Gasteiger partial charge in [0.2, 0.25) is 0 Å². The van der Waals surface area contributed by atoms with E-state index in [1.807, 2.05) is 31.5 Å². The maximum Gasteiger partial charge on any atom is 0.181 e. The summed E-state index contributed by atoms with van der Waals surface area (Å²) in [5.41, 5.74) is 5.69. The molecule has 2 aromatic heterocycles. The van der Waals surface area contributed by atoms with Crippen LogP contribution in [0.1, 0.15) is 59.9 Å².